The second-order valence-corrected chi connectivity index (χ2v) is 6.21. The van der Waals surface area contributed by atoms with Crippen molar-refractivity contribution in [3.8, 4) is 0 Å². The van der Waals surface area contributed by atoms with E-state index in [1.807, 2.05) is 21.1 Å². The maximum absolute atomic E-state index is 12.3. The number of aromatic nitrogens is 2. The molecule has 0 aliphatic carbocycles. The van der Waals surface area contributed by atoms with Gasteiger partial charge in [-0.1, -0.05) is 26.0 Å². The van der Waals surface area contributed by atoms with E-state index >= 15 is 0 Å². The van der Waals surface area contributed by atoms with Gasteiger partial charge in [0, 0.05) is 38.8 Å². The van der Waals surface area contributed by atoms with Crippen LogP contribution in [0.25, 0.3) is 0 Å². The van der Waals surface area contributed by atoms with E-state index in [0.717, 1.165) is 42.0 Å². The molecule has 0 spiro atoms. The Kier molecular flexibility index (Phi) is 6.01. The molecule has 0 unspecified atom stereocenters. The van der Waals surface area contributed by atoms with Crippen molar-refractivity contribution in [1.82, 2.24) is 9.78 Å². The van der Waals surface area contributed by atoms with Gasteiger partial charge in [0.15, 0.2) is 0 Å². The van der Waals surface area contributed by atoms with Crippen LogP contribution in [-0.2, 0) is 31.1 Å². The zero-order valence-electron chi connectivity index (χ0n) is 15.4. The van der Waals surface area contributed by atoms with Gasteiger partial charge in [-0.3, -0.25) is 9.48 Å². The summed E-state index contributed by atoms with van der Waals surface area (Å²) >= 11 is 0. The van der Waals surface area contributed by atoms with E-state index in [2.05, 4.69) is 53.4 Å². The van der Waals surface area contributed by atoms with Crippen LogP contribution in [0.3, 0.4) is 0 Å². The van der Waals surface area contributed by atoms with Crippen molar-refractivity contribution < 1.29 is 4.79 Å². The molecular weight excluding hydrogens is 300 g/mol. The molecule has 5 nitrogen and oxygen atoms in total. The van der Waals surface area contributed by atoms with Gasteiger partial charge in [-0.15, -0.1) is 0 Å². The molecule has 0 radical (unpaired) electrons. The Morgan fingerprint density at radius 2 is 1.83 bits per heavy atom. The molecule has 2 aromatic rings. The number of nitrogens with one attached hydrogen (secondary N) is 1. The van der Waals surface area contributed by atoms with E-state index in [1.54, 1.807) is 4.68 Å². The fourth-order valence-electron chi connectivity index (χ4n) is 2.85. The van der Waals surface area contributed by atoms with E-state index in [-0.39, 0.29) is 5.91 Å². The average molecular weight is 328 g/mol. The lowest BCUT2D eigenvalue weighted by molar-refractivity contribution is -0.116. The third kappa shape index (κ3) is 4.16. The summed E-state index contributed by atoms with van der Waals surface area (Å²) in [4.78, 5) is 14.4. The minimum atomic E-state index is 0.0343. The van der Waals surface area contributed by atoms with Gasteiger partial charge in [0.1, 0.15) is 5.82 Å². The molecule has 1 aromatic heterocycles. The molecule has 1 N–H and O–H groups in total. The lowest BCUT2D eigenvalue weighted by Crippen LogP contribution is -2.16. The number of hydrogen-bond donors (Lipinski definition) is 1. The predicted molar refractivity (Wildman–Crippen MR) is 99.7 cm³/mol. The molecule has 5 heteroatoms. The second kappa shape index (κ2) is 7.99. The van der Waals surface area contributed by atoms with Crippen LogP contribution < -0.4 is 10.2 Å². The average Bonchev–Trinajstić information content (AvgIpc) is 2.88. The van der Waals surface area contributed by atoms with Gasteiger partial charge in [0.05, 0.1) is 5.69 Å². The van der Waals surface area contributed by atoms with Crippen LogP contribution in [0.5, 0.6) is 0 Å². The minimum absolute atomic E-state index is 0.0343. The normalized spacial score (nSPS) is 10.7. The van der Waals surface area contributed by atoms with Crippen LogP contribution in [-0.4, -0.2) is 29.8 Å². The number of carbonyl (C=O) groups is 1. The molecule has 2 rings (SSSR count). The van der Waals surface area contributed by atoms with Crippen molar-refractivity contribution >= 4 is 17.4 Å². The summed E-state index contributed by atoms with van der Waals surface area (Å²) in [6.45, 7) is 4.18. The lowest BCUT2D eigenvalue weighted by Gasteiger charge is -2.12. The van der Waals surface area contributed by atoms with E-state index in [9.17, 15) is 4.79 Å². The largest absolute Gasteiger partial charge is 0.378 e. The molecule has 1 amide bonds. The number of hydrogen-bond acceptors (Lipinski definition) is 3. The second-order valence-electron chi connectivity index (χ2n) is 6.21. The molecule has 0 saturated carbocycles. The standard InChI is InChI=1S/C19H28N4O/c1-6-16-17(7-2)21-23(5)19(16)20-18(24)13-10-14-8-11-15(12-9-14)22(3)4/h8-9,11-12H,6-7,10,13H2,1-5H3,(H,20,24). The van der Waals surface area contributed by atoms with Crippen LogP contribution in [0.15, 0.2) is 24.3 Å². The van der Waals surface area contributed by atoms with Crippen molar-refractivity contribution in [3.63, 3.8) is 0 Å². The van der Waals surface area contributed by atoms with Crippen molar-refractivity contribution in [3.05, 3.63) is 41.1 Å². The van der Waals surface area contributed by atoms with Gasteiger partial charge >= 0.3 is 0 Å². The van der Waals surface area contributed by atoms with Crippen LogP contribution in [0.4, 0.5) is 11.5 Å². The third-order valence-electron chi connectivity index (χ3n) is 4.27. The van der Waals surface area contributed by atoms with Gasteiger partial charge in [-0.05, 0) is 37.0 Å². The maximum atomic E-state index is 12.3. The summed E-state index contributed by atoms with van der Waals surface area (Å²) in [7, 11) is 5.92. The Bertz CT molecular complexity index is 686. The number of amides is 1. The third-order valence-corrected chi connectivity index (χ3v) is 4.27. The molecule has 0 aliphatic rings. The highest BCUT2D eigenvalue weighted by molar-refractivity contribution is 5.90. The van der Waals surface area contributed by atoms with Crippen molar-refractivity contribution in [2.24, 2.45) is 7.05 Å². The topological polar surface area (TPSA) is 50.2 Å². The van der Waals surface area contributed by atoms with Crippen LogP contribution >= 0.6 is 0 Å². The maximum Gasteiger partial charge on any atom is 0.225 e. The molecule has 0 aliphatic heterocycles. The lowest BCUT2D eigenvalue weighted by atomic mass is 10.1. The van der Waals surface area contributed by atoms with Gasteiger partial charge in [-0.2, -0.15) is 5.10 Å². The highest BCUT2D eigenvalue weighted by Gasteiger charge is 2.15. The van der Waals surface area contributed by atoms with Crippen molar-refractivity contribution in [1.29, 1.82) is 0 Å². The molecule has 0 bridgehead atoms. The Hall–Kier alpha value is -2.30. The number of aryl methyl sites for hydroxylation is 3. The molecule has 0 atom stereocenters. The molecule has 0 fully saturated rings. The van der Waals surface area contributed by atoms with Crippen molar-refractivity contribution in [2.45, 2.75) is 39.5 Å². The molecule has 0 saturated heterocycles. The number of nitrogens with zero attached hydrogens (tertiary/aromatic N) is 3. The van der Waals surface area contributed by atoms with E-state index in [0.29, 0.717) is 6.42 Å². The first-order valence-electron chi connectivity index (χ1n) is 8.57. The van der Waals surface area contributed by atoms with Gasteiger partial charge in [0.2, 0.25) is 5.91 Å². The Balaban J connectivity index is 1.97. The van der Waals surface area contributed by atoms with E-state index in [1.165, 1.54) is 5.56 Å². The smallest absolute Gasteiger partial charge is 0.225 e. The van der Waals surface area contributed by atoms with Gasteiger partial charge in [-0.25, -0.2) is 0 Å². The first-order valence-corrected chi connectivity index (χ1v) is 8.57. The summed E-state index contributed by atoms with van der Waals surface area (Å²) in [5.74, 6) is 0.870. The first-order chi connectivity index (χ1) is 11.5. The minimum Gasteiger partial charge on any atom is -0.378 e. The zero-order chi connectivity index (χ0) is 17.7. The summed E-state index contributed by atoms with van der Waals surface area (Å²) in [5.41, 5.74) is 4.54. The number of anilines is 2. The number of benzene rings is 1. The molecule has 1 heterocycles. The molecule has 24 heavy (non-hydrogen) atoms. The number of carbonyl (C=O) groups excluding carboxylic acids is 1. The van der Waals surface area contributed by atoms with Crippen LogP contribution in [0, 0.1) is 0 Å². The van der Waals surface area contributed by atoms with Gasteiger partial charge < -0.3 is 10.2 Å². The Morgan fingerprint density at radius 1 is 1.17 bits per heavy atom. The first kappa shape index (κ1) is 18.0. The molecule has 1 aromatic carbocycles. The van der Waals surface area contributed by atoms with Gasteiger partial charge in [0.25, 0.3) is 0 Å². The fourth-order valence-corrected chi connectivity index (χ4v) is 2.85. The number of rotatable bonds is 7. The van der Waals surface area contributed by atoms with Crippen LogP contribution in [0.1, 0.15) is 37.1 Å². The Morgan fingerprint density at radius 3 is 2.38 bits per heavy atom. The molecular formula is C19H28N4O. The monoisotopic (exact) mass is 328 g/mol. The summed E-state index contributed by atoms with van der Waals surface area (Å²) < 4.78 is 1.78. The van der Waals surface area contributed by atoms with Crippen molar-refractivity contribution in [2.75, 3.05) is 24.3 Å². The zero-order valence-corrected chi connectivity index (χ0v) is 15.4. The molecule has 130 valence electrons. The Labute approximate surface area is 144 Å². The highest BCUT2D eigenvalue weighted by atomic mass is 16.1. The SMILES string of the molecule is CCc1nn(C)c(NC(=O)CCc2ccc(N(C)C)cc2)c1CC. The highest BCUT2D eigenvalue weighted by Crippen LogP contribution is 2.21. The summed E-state index contributed by atoms with van der Waals surface area (Å²) in [5, 5.41) is 7.53. The van der Waals surface area contributed by atoms with Crippen LogP contribution in [0.2, 0.25) is 0 Å². The van der Waals surface area contributed by atoms with E-state index in [4.69, 9.17) is 0 Å². The fraction of sp³-hybridized carbons (Fsp3) is 0.474. The summed E-state index contributed by atoms with van der Waals surface area (Å²) in [6, 6.07) is 8.33. The van der Waals surface area contributed by atoms with E-state index < -0.39 is 0 Å². The summed E-state index contributed by atoms with van der Waals surface area (Å²) in [6.07, 6.45) is 2.96. The predicted octanol–water partition coefficient (Wildman–Crippen LogP) is 3.18. The quantitative estimate of drug-likeness (QED) is 0.849.